The first-order valence-corrected chi connectivity index (χ1v) is 6.98. The molecule has 0 spiro atoms. The first-order chi connectivity index (χ1) is 10.7. The monoisotopic (exact) mass is 298 g/mol. The molecule has 22 heavy (non-hydrogen) atoms. The molecule has 112 valence electrons. The Kier molecular flexibility index (Phi) is 3.73. The SMILES string of the molecule is O=C(NO)C1(c2ccccc2)C=C(c2cncc(F)c2)CC1. The number of pyridine rings is 1. The number of benzene rings is 1. The van der Waals surface area contributed by atoms with Crippen molar-refractivity contribution in [2.75, 3.05) is 0 Å². The zero-order valence-electron chi connectivity index (χ0n) is 11.8. The van der Waals surface area contributed by atoms with Crippen molar-refractivity contribution in [1.29, 1.82) is 0 Å². The van der Waals surface area contributed by atoms with E-state index in [1.165, 1.54) is 6.07 Å². The minimum Gasteiger partial charge on any atom is -0.289 e. The zero-order valence-corrected chi connectivity index (χ0v) is 11.8. The van der Waals surface area contributed by atoms with Gasteiger partial charge in [-0.3, -0.25) is 15.0 Å². The molecule has 1 unspecified atom stereocenters. The molecule has 0 fully saturated rings. The molecule has 0 saturated heterocycles. The summed E-state index contributed by atoms with van der Waals surface area (Å²) < 4.78 is 13.4. The van der Waals surface area contributed by atoms with Crippen LogP contribution in [0, 0.1) is 5.82 Å². The highest BCUT2D eigenvalue weighted by Gasteiger charge is 2.42. The predicted octanol–water partition coefficient (Wildman–Crippen LogP) is 2.84. The Morgan fingerprint density at radius 3 is 2.73 bits per heavy atom. The Labute approximate surface area is 127 Å². The Hall–Kier alpha value is -2.53. The highest BCUT2D eigenvalue weighted by molar-refractivity contribution is 5.93. The molecule has 0 radical (unpaired) electrons. The average Bonchev–Trinajstić information content (AvgIpc) is 3.01. The van der Waals surface area contributed by atoms with Gasteiger partial charge in [0.05, 0.1) is 11.6 Å². The molecular weight excluding hydrogens is 283 g/mol. The van der Waals surface area contributed by atoms with Gasteiger partial charge in [-0.1, -0.05) is 36.4 Å². The number of amides is 1. The summed E-state index contributed by atoms with van der Waals surface area (Å²) in [5.74, 6) is -0.903. The number of carbonyl (C=O) groups excluding carboxylic acids is 1. The van der Waals surface area contributed by atoms with Crippen LogP contribution in [0.15, 0.2) is 54.9 Å². The van der Waals surface area contributed by atoms with Crippen LogP contribution in [0.4, 0.5) is 4.39 Å². The lowest BCUT2D eigenvalue weighted by molar-refractivity contribution is -0.133. The lowest BCUT2D eigenvalue weighted by Crippen LogP contribution is -2.40. The fourth-order valence-corrected chi connectivity index (χ4v) is 2.96. The third kappa shape index (κ3) is 2.40. The summed E-state index contributed by atoms with van der Waals surface area (Å²) in [6.45, 7) is 0. The maximum absolute atomic E-state index is 13.4. The van der Waals surface area contributed by atoms with Gasteiger partial charge in [-0.15, -0.1) is 0 Å². The number of carbonyl (C=O) groups is 1. The minimum absolute atomic E-state index is 0.415. The van der Waals surface area contributed by atoms with Gasteiger partial charge < -0.3 is 0 Å². The van der Waals surface area contributed by atoms with Crippen LogP contribution < -0.4 is 5.48 Å². The number of hydroxylamine groups is 1. The molecule has 1 heterocycles. The van der Waals surface area contributed by atoms with E-state index < -0.39 is 17.1 Å². The number of hydrogen-bond acceptors (Lipinski definition) is 3. The van der Waals surface area contributed by atoms with Crippen molar-refractivity contribution in [3.63, 3.8) is 0 Å². The van der Waals surface area contributed by atoms with Crippen LogP contribution in [0.25, 0.3) is 5.57 Å². The molecule has 1 amide bonds. The van der Waals surface area contributed by atoms with Gasteiger partial charge in [-0.25, -0.2) is 9.87 Å². The fourth-order valence-electron chi connectivity index (χ4n) is 2.96. The first kappa shape index (κ1) is 14.4. The predicted molar refractivity (Wildman–Crippen MR) is 79.5 cm³/mol. The second-order valence-electron chi connectivity index (χ2n) is 5.34. The van der Waals surface area contributed by atoms with Gasteiger partial charge in [0.2, 0.25) is 0 Å². The molecule has 0 aliphatic heterocycles. The molecule has 0 saturated carbocycles. The van der Waals surface area contributed by atoms with Crippen LogP contribution in [0.3, 0.4) is 0 Å². The maximum atomic E-state index is 13.4. The van der Waals surface area contributed by atoms with E-state index in [0.29, 0.717) is 18.4 Å². The normalized spacial score (nSPS) is 20.5. The number of rotatable bonds is 3. The molecule has 4 nitrogen and oxygen atoms in total. The Morgan fingerprint density at radius 1 is 1.27 bits per heavy atom. The first-order valence-electron chi connectivity index (χ1n) is 6.98. The number of nitrogens with zero attached hydrogens (tertiary/aromatic N) is 1. The van der Waals surface area contributed by atoms with Gasteiger partial charge in [0.15, 0.2) is 0 Å². The number of hydrogen-bond donors (Lipinski definition) is 2. The van der Waals surface area contributed by atoms with E-state index in [-0.39, 0.29) is 0 Å². The van der Waals surface area contributed by atoms with E-state index in [2.05, 4.69) is 4.98 Å². The van der Waals surface area contributed by atoms with Crippen LogP contribution in [-0.2, 0) is 10.2 Å². The van der Waals surface area contributed by atoms with Crippen molar-refractivity contribution in [2.24, 2.45) is 0 Å². The third-order valence-electron chi connectivity index (χ3n) is 4.08. The third-order valence-corrected chi connectivity index (χ3v) is 4.08. The maximum Gasteiger partial charge on any atom is 0.257 e. The van der Waals surface area contributed by atoms with E-state index >= 15 is 0 Å². The quantitative estimate of drug-likeness (QED) is 0.676. The standard InChI is InChI=1S/C17H15FN2O2/c18-15-8-13(10-19-11-15)12-6-7-17(9-12,16(21)20-22)14-4-2-1-3-5-14/h1-5,8-11,22H,6-7H2,(H,20,21). The zero-order chi connectivity index (χ0) is 15.6. The largest absolute Gasteiger partial charge is 0.289 e. The molecule has 0 bridgehead atoms. The molecule has 2 aromatic rings. The molecule has 3 rings (SSSR count). The van der Waals surface area contributed by atoms with E-state index in [4.69, 9.17) is 5.21 Å². The van der Waals surface area contributed by atoms with E-state index in [9.17, 15) is 9.18 Å². The summed E-state index contributed by atoms with van der Waals surface area (Å²) in [6, 6.07) is 10.6. The van der Waals surface area contributed by atoms with Gasteiger partial charge in [-0.2, -0.15) is 0 Å². The number of aromatic nitrogens is 1. The highest BCUT2D eigenvalue weighted by Crippen LogP contribution is 2.42. The van der Waals surface area contributed by atoms with Gasteiger partial charge in [-0.05, 0) is 35.6 Å². The summed E-state index contributed by atoms with van der Waals surface area (Å²) in [5, 5.41) is 9.12. The molecule has 1 aliphatic carbocycles. The van der Waals surface area contributed by atoms with Crippen molar-refractivity contribution < 1.29 is 14.4 Å². The van der Waals surface area contributed by atoms with Gasteiger partial charge in [0.1, 0.15) is 5.82 Å². The average molecular weight is 298 g/mol. The molecule has 1 aliphatic rings. The van der Waals surface area contributed by atoms with E-state index in [0.717, 1.165) is 17.3 Å². The molecule has 1 aromatic heterocycles. The Morgan fingerprint density at radius 2 is 2.05 bits per heavy atom. The lowest BCUT2D eigenvalue weighted by atomic mass is 9.79. The molecule has 2 N–H and O–H groups in total. The van der Waals surface area contributed by atoms with Gasteiger partial charge in [0, 0.05) is 6.20 Å². The van der Waals surface area contributed by atoms with Gasteiger partial charge in [0.25, 0.3) is 5.91 Å². The second-order valence-corrected chi connectivity index (χ2v) is 5.34. The van der Waals surface area contributed by atoms with E-state index in [1.807, 2.05) is 30.3 Å². The van der Waals surface area contributed by atoms with Crippen LogP contribution in [0.2, 0.25) is 0 Å². The number of nitrogens with one attached hydrogen (secondary N) is 1. The van der Waals surface area contributed by atoms with Crippen molar-refractivity contribution in [2.45, 2.75) is 18.3 Å². The molecule has 1 atom stereocenters. The van der Waals surface area contributed by atoms with Crippen LogP contribution in [0.1, 0.15) is 24.0 Å². The van der Waals surface area contributed by atoms with Gasteiger partial charge >= 0.3 is 0 Å². The topological polar surface area (TPSA) is 62.2 Å². The summed E-state index contributed by atoms with van der Waals surface area (Å²) >= 11 is 0. The minimum atomic E-state index is -0.947. The van der Waals surface area contributed by atoms with Crippen molar-refractivity contribution in [1.82, 2.24) is 10.5 Å². The van der Waals surface area contributed by atoms with Crippen LogP contribution in [0.5, 0.6) is 0 Å². The molecule has 1 aromatic carbocycles. The highest BCUT2D eigenvalue weighted by atomic mass is 19.1. The smallest absolute Gasteiger partial charge is 0.257 e. The number of allylic oxidation sites excluding steroid dienone is 1. The number of halogens is 1. The summed E-state index contributed by atoms with van der Waals surface area (Å²) in [7, 11) is 0. The fraction of sp³-hybridized carbons (Fsp3) is 0.176. The molecular formula is C17H15FN2O2. The lowest BCUT2D eigenvalue weighted by Gasteiger charge is -2.25. The second kappa shape index (κ2) is 5.69. The van der Waals surface area contributed by atoms with Crippen molar-refractivity contribution in [3.8, 4) is 0 Å². The summed E-state index contributed by atoms with van der Waals surface area (Å²) in [6.07, 6.45) is 5.63. The van der Waals surface area contributed by atoms with Crippen LogP contribution >= 0.6 is 0 Å². The van der Waals surface area contributed by atoms with Crippen molar-refractivity contribution in [3.05, 3.63) is 71.8 Å². The Balaban J connectivity index is 2.08. The Bertz CT molecular complexity index is 730. The molecule has 5 heteroatoms. The van der Waals surface area contributed by atoms with Crippen LogP contribution in [-0.4, -0.2) is 16.1 Å². The van der Waals surface area contributed by atoms with Crippen molar-refractivity contribution >= 4 is 11.5 Å². The summed E-state index contributed by atoms with van der Waals surface area (Å²) in [5.41, 5.74) is 3.10. The summed E-state index contributed by atoms with van der Waals surface area (Å²) in [4.78, 5) is 16.1. The van der Waals surface area contributed by atoms with E-state index in [1.54, 1.807) is 17.8 Å².